The molecule has 2 aliphatic heterocycles. The fraction of sp³-hybridized carbons (Fsp3) is 0.500. The zero-order valence-electron chi connectivity index (χ0n) is 16.9. The van der Waals surface area contributed by atoms with Crippen LogP contribution in [-0.4, -0.2) is 70.7 Å². The number of carbonyl (C=O) groups excluding carboxylic acids is 1. The molecule has 4 rings (SSSR count). The molecule has 0 aliphatic carbocycles. The van der Waals surface area contributed by atoms with Gasteiger partial charge < -0.3 is 19.3 Å². The Morgan fingerprint density at radius 2 is 1.59 bits per heavy atom. The summed E-state index contributed by atoms with van der Waals surface area (Å²) < 4.78 is 11.3. The first-order valence-electron chi connectivity index (χ1n) is 10.3. The Labute approximate surface area is 181 Å². The maximum absolute atomic E-state index is 13.8. The van der Waals surface area contributed by atoms with Crippen LogP contribution in [0.2, 0.25) is 0 Å². The molecule has 2 aromatic rings. The number of ketones is 1. The second kappa shape index (κ2) is 10.2. The quantitative estimate of drug-likeness (QED) is 0.495. The fourth-order valence-electron chi connectivity index (χ4n) is 4.51. The SMILES string of the molecule is CSc1ccc([C@@H]([C@H](C(=O)c2cccs2)[NH+]2CCOCC2)[NH+]2CCOCC2)cc1. The molecule has 0 radical (unpaired) electrons. The van der Waals surface area contributed by atoms with Crippen molar-refractivity contribution in [2.45, 2.75) is 17.0 Å². The first-order chi connectivity index (χ1) is 14.3. The van der Waals surface area contributed by atoms with E-state index in [1.807, 2.05) is 17.5 Å². The highest BCUT2D eigenvalue weighted by Gasteiger charge is 2.46. The van der Waals surface area contributed by atoms with Crippen molar-refractivity contribution in [3.63, 3.8) is 0 Å². The van der Waals surface area contributed by atoms with Crippen molar-refractivity contribution in [2.24, 2.45) is 0 Å². The van der Waals surface area contributed by atoms with Gasteiger partial charge in [0, 0.05) is 10.5 Å². The minimum absolute atomic E-state index is 0.106. The lowest BCUT2D eigenvalue weighted by Gasteiger charge is -2.39. The number of thiophene rings is 1. The van der Waals surface area contributed by atoms with Gasteiger partial charge in [-0.05, 0) is 29.8 Å². The summed E-state index contributed by atoms with van der Waals surface area (Å²) in [5.74, 6) is 0.273. The van der Waals surface area contributed by atoms with Gasteiger partial charge in [0.15, 0.2) is 6.04 Å². The Morgan fingerprint density at radius 3 is 2.14 bits per heavy atom. The second-order valence-corrected chi connectivity index (χ2v) is 9.44. The highest BCUT2D eigenvalue weighted by molar-refractivity contribution is 7.98. The van der Waals surface area contributed by atoms with E-state index in [1.165, 1.54) is 20.3 Å². The summed E-state index contributed by atoms with van der Waals surface area (Å²) in [5.41, 5.74) is 1.26. The van der Waals surface area contributed by atoms with Crippen LogP contribution in [0, 0.1) is 0 Å². The van der Waals surface area contributed by atoms with Gasteiger partial charge in [0.1, 0.15) is 26.2 Å². The molecule has 5 nitrogen and oxygen atoms in total. The van der Waals surface area contributed by atoms with Crippen molar-refractivity contribution < 1.29 is 24.1 Å². The monoisotopic (exact) mass is 434 g/mol. The highest BCUT2D eigenvalue weighted by atomic mass is 32.2. The molecule has 2 fully saturated rings. The zero-order valence-corrected chi connectivity index (χ0v) is 18.5. The molecule has 2 aliphatic rings. The van der Waals surface area contributed by atoms with Gasteiger partial charge >= 0.3 is 0 Å². The molecule has 1 aromatic carbocycles. The van der Waals surface area contributed by atoms with Crippen LogP contribution in [0.15, 0.2) is 46.7 Å². The van der Waals surface area contributed by atoms with Gasteiger partial charge in [0.2, 0.25) is 11.8 Å². The number of hydrogen-bond donors (Lipinski definition) is 2. The lowest BCUT2D eigenvalue weighted by atomic mass is 9.91. The summed E-state index contributed by atoms with van der Waals surface area (Å²) in [6.07, 6.45) is 2.10. The largest absolute Gasteiger partial charge is 0.370 e. The molecule has 2 atom stereocenters. The van der Waals surface area contributed by atoms with E-state index in [1.54, 1.807) is 23.1 Å². The minimum Gasteiger partial charge on any atom is -0.370 e. The van der Waals surface area contributed by atoms with Gasteiger partial charge in [-0.3, -0.25) is 4.79 Å². The topological polar surface area (TPSA) is 44.4 Å². The van der Waals surface area contributed by atoms with Gasteiger partial charge in [0.25, 0.3) is 0 Å². The number of morpholine rings is 2. The summed E-state index contributed by atoms with van der Waals surface area (Å²) in [4.78, 5) is 18.7. The molecular formula is C22H30N2O3S2+2. The first-order valence-corrected chi connectivity index (χ1v) is 12.4. The molecule has 156 valence electrons. The predicted molar refractivity (Wildman–Crippen MR) is 116 cm³/mol. The van der Waals surface area contributed by atoms with Gasteiger partial charge in [0.05, 0.1) is 31.3 Å². The number of benzene rings is 1. The number of thioether (sulfide) groups is 1. The Hall–Kier alpha value is -1.22. The van der Waals surface area contributed by atoms with E-state index < -0.39 is 0 Å². The van der Waals surface area contributed by atoms with Crippen molar-refractivity contribution >= 4 is 28.9 Å². The Morgan fingerprint density at radius 1 is 0.966 bits per heavy atom. The summed E-state index contributed by atoms with van der Waals surface area (Å²) in [7, 11) is 0. The van der Waals surface area contributed by atoms with Crippen LogP contribution in [-0.2, 0) is 9.47 Å². The predicted octanol–water partition coefficient (Wildman–Crippen LogP) is 0.593. The third-order valence-electron chi connectivity index (χ3n) is 6.00. The standard InChI is InChI=1S/C22H28N2O3S2/c1-28-18-6-4-17(5-7-18)20(23-8-12-26-13-9-23)21(24-10-14-27-15-11-24)22(25)19-3-2-16-29-19/h2-7,16,20-21H,8-15H2,1H3/p+2/t20-,21+/m0/s1. The molecule has 2 saturated heterocycles. The zero-order chi connectivity index (χ0) is 20.1. The number of hydrogen-bond acceptors (Lipinski definition) is 5. The van der Waals surface area contributed by atoms with Crippen LogP contribution in [0.25, 0.3) is 0 Å². The summed E-state index contributed by atoms with van der Waals surface area (Å²) in [5, 5.41) is 2.00. The molecule has 0 unspecified atom stereocenters. The molecule has 2 N–H and O–H groups in total. The number of nitrogens with one attached hydrogen (secondary N) is 2. The van der Waals surface area contributed by atoms with Crippen molar-refractivity contribution in [1.82, 2.24) is 0 Å². The third kappa shape index (κ3) is 4.93. The smallest absolute Gasteiger partial charge is 0.236 e. The number of quaternary nitrogens is 2. The van der Waals surface area contributed by atoms with E-state index in [4.69, 9.17) is 9.47 Å². The number of carbonyl (C=O) groups is 1. The van der Waals surface area contributed by atoms with Gasteiger partial charge in [-0.2, -0.15) is 0 Å². The van der Waals surface area contributed by atoms with E-state index in [9.17, 15) is 4.79 Å². The highest BCUT2D eigenvalue weighted by Crippen LogP contribution is 2.22. The van der Waals surface area contributed by atoms with Crippen molar-refractivity contribution in [2.75, 3.05) is 58.9 Å². The maximum Gasteiger partial charge on any atom is 0.236 e. The van der Waals surface area contributed by atoms with Crippen LogP contribution in [0.3, 0.4) is 0 Å². The van der Waals surface area contributed by atoms with E-state index in [-0.39, 0.29) is 17.9 Å². The van der Waals surface area contributed by atoms with Crippen molar-refractivity contribution in [3.05, 3.63) is 52.2 Å². The Balaban J connectivity index is 1.74. The number of rotatable bonds is 7. The van der Waals surface area contributed by atoms with E-state index in [0.717, 1.165) is 57.5 Å². The van der Waals surface area contributed by atoms with Crippen LogP contribution in [0.1, 0.15) is 21.3 Å². The van der Waals surface area contributed by atoms with Crippen molar-refractivity contribution in [1.29, 1.82) is 0 Å². The van der Waals surface area contributed by atoms with E-state index in [0.29, 0.717) is 0 Å². The molecule has 3 heterocycles. The Bertz CT molecular complexity index is 770. The minimum atomic E-state index is -0.106. The van der Waals surface area contributed by atoms with Crippen LogP contribution in [0.5, 0.6) is 0 Å². The first kappa shape index (κ1) is 21.0. The van der Waals surface area contributed by atoms with Gasteiger partial charge in [-0.15, -0.1) is 23.1 Å². The average molecular weight is 435 g/mol. The maximum atomic E-state index is 13.8. The van der Waals surface area contributed by atoms with E-state index >= 15 is 0 Å². The van der Waals surface area contributed by atoms with Crippen LogP contribution in [0.4, 0.5) is 0 Å². The molecule has 1 aromatic heterocycles. The lowest BCUT2D eigenvalue weighted by Crippen LogP contribution is -3.25. The molecule has 0 bridgehead atoms. The number of Topliss-reactive ketones (excluding diaryl/α,β-unsaturated/α-hetero) is 1. The molecule has 0 saturated carbocycles. The second-order valence-electron chi connectivity index (χ2n) is 7.61. The molecule has 29 heavy (non-hydrogen) atoms. The number of ether oxygens (including phenoxy) is 2. The van der Waals surface area contributed by atoms with E-state index in [2.05, 4.69) is 30.5 Å². The normalized spacial score (nSPS) is 21.0. The Kier molecular flexibility index (Phi) is 7.39. The summed E-state index contributed by atoms with van der Waals surface area (Å²) in [6, 6.07) is 12.8. The molecule has 0 spiro atoms. The average Bonchev–Trinajstić information content (AvgIpc) is 3.33. The van der Waals surface area contributed by atoms with Crippen LogP contribution >= 0.6 is 23.1 Å². The summed E-state index contributed by atoms with van der Waals surface area (Å²) >= 11 is 3.31. The summed E-state index contributed by atoms with van der Waals surface area (Å²) in [6.45, 7) is 6.59. The fourth-order valence-corrected chi connectivity index (χ4v) is 5.62. The molecule has 0 amide bonds. The lowest BCUT2D eigenvalue weighted by molar-refractivity contribution is -0.999. The molecule has 7 heteroatoms. The van der Waals surface area contributed by atoms with Gasteiger partial charge in [-0.1, -0.05) is 18.2 Å². The third-order valence-corrected chi connectivity index (χ3v) is 7.63. The van der Waals surface area contributed by atoms with Gasteiger partial charge in [-0.25, -0.2) is 0 Å². The molecular weight excluding hydrogens is 404 g/mol. The van der Waals surface area contributed by atoms with Crippen LogP contribution < -0.4 is 9.80 Å². The van der Waals surface area contributed by atoms with Crippen molar-refractivity contribution in [3.8, 4) is 0 Å².